The fourth-order valence-electron chi connectivity index (χ4n) is 9.93. The highest BCUT2D eigenvalue weighted by molar-refractivity contribution is 7.87. The van der Waals surface area contributed by atoms with Crippen LogP contribution in [0.1, 0.15) is 80.9 Å². The Morgan fingerprint density at radius 3 is 2.42 bits per heavy atom. The molecule has 10 nitrogen and oxygen atoms in total. The number of aromatic nitrogens is 1. The van der Waals surface area contributed by atoms with Gasteiger partial charge in [-0.1, -0.05) is 37.5 Å². The maximum Gasteiger partial charge on any atom is 0.304 e. The minimum Gasteiger partial charge on any atom is -0.496 e. The van der Waals surface area contributed by atoms with Crippen LogP contribution < -0.4 is 9.46 Å². The van der Waals surface area contributed by atoms with Crippen LogP contribution in [0.5, 0.6) is 5.75 Å². The van der Waals surface area contributed by atoms with Gasteiger partial charge in [0.05, 0.1) is 24.1 Å². The normalized spacial score (nSPS) is 28.9. The molecule has 4 aliphatic heterocycles. The summed E-state index contributed by atoms with van der Waals surface area (Å²) in [6.07, 6.45) is 13.6. The molecule has 4 fully saturated rings. The second-order valence-corrected chi connectivity index (χ2v) is 16.7. The molecule has 2 amide bonds. The van der Waals surface area contributed by atoms with Gasteiger partial charge in [-0.15, -0.1) is 0 Å². The molecule has 0 radical (unpaired) electrons. The van der Waals surface area contributed by atoms with Crippen LogP contribution in [0.4, 0.5) is 0 Å². The van der Waals surface area contributed by atoms with E-state index in [9.17, 15) is 18.0 Å². The lowest BCUT2D eigenvalue weighted by molar-refractivity contribution is -0.141. The van der Waals surface area contributed by atoms with Crippen molar-refractivity contribution in [3.05, 3.63) is 63.9 Å². The number of nitrogens with zero attached hydrogens (tertiary/aromatic N) is 4. The summed E-state index contributed by atoms with van der Waals surface area (Å²) in [6.45, 7) is 3.11. The van der Waals surface area contributed by atoms with E-state index in [0.717, 1.165) is 84.3 Å². The summed E-state index contributed by atoms with van der Waals surface area (Å²) in [5, 5.41) is 1.05. The summed E-state index contributed by atoms with van der Waals surface area (Å²) in [7, 11) is -0.0406. The van der Waals surface area contributed by atoms with Crippen molar-refractivity contribution in [3.8, 4) is 5.75 Å². The lowest BCUT2D eigenvalue weighted by Gasteiger charge is -2.43. The van der Waals surface area contributed by atoms with E-state index >= 15 is 0 Å². The Kier molecular flexibility index (Phi) is 7.22. The zero-order valence-electron chi connectivity index (χ0n) is 27.9. The molecular weight excluding hydrogens is 627 g/mol. The average molecular weight is 672 g/mol. The monoisotopic (exact) mass is 671 g/mol. The van der Waals surface area contributed by atoms with Crippen molar-refractivity contribution in [3.63, 3.8) is 0 Å². The number of fused-ring (bicyclic) bond motifs is 8. The van der Waals surface area contributed by atoms with E-state index in [1.165, 1.54) is 29.1 Å². The van der Waals surface area contributed by atoms with Gasteiger partial charge in [-0.2, -0.15) is 12.7 Å². The van der Waals surface area contributed by atoms with Gasteiger partial charge in [-0.25, -0.2) is 4.72 Å². The molecule has 3 unspecified atom stereocenters. The summed E-state index contributed by atoms with van der Waals surface area (Å²) in [6, 6.07) is 7.02. The largest absolute Gasteiger partial charge is 0.496 e. The van der Waals surface area contributed by atoms with Gasteiger partial charge >= 0.3 is 10.2 Å². The second-order valence-electron chi connectivity index (χ2n) is 15.1. The number of piperazine rings is 1. The third kappa shape index (κ3) is 4.67. The first-order chi connectivity index (χ1) is 23.2. The number of methoxy groups -OCH3 is 1. The van der Waals surface area contributed by atoms with E-state index in [2.05, 4.69) is 56.5 Å². The molecule has 1 aromatic carbocycles. The van der Waals surface area contributed by atoms with Gasteiger partial charge in [-0.05, 0) is 85.9 Å². The zero-order valence-corrected chi connectivity index (χ0v) is 28.7. The van der Waals surface area contributed by atoms with Gasteiger partial charge < -0.3 is 19.1 Å². The number of rotatable bonds is 6. The number of hydrogen-bond acceptors (Lipinski definition) is 6. The van der Waals surface area contributed by atoms with Crippen molar-refractivity contribution >= 4 is 32.9 Å². The Hall–Kier alpha value is -3.41. The maximum absolute atomic E-state index is 14.8. The number of carbonyl (C=O) groups excluding carboxylic acids is 2. The number of amides is 2. The van der Waals surface area contributed by atoms with Crippen molar-refractivity contribution in [2.45, 2.75) is 88.3 Å². The lowest BCUT2D eigenvalue weighted by Crippen LogP contribution is -2.56. The highest BCUT2D eigenvalue weighted by atomic mass is 32.2. The van der Waals surface area contributed by atoms with Crippen LogP contribution in [-0.4, -0.2) is 91.3 Å². The molecule has 5 heterocycles. The summed E-state index contributed by atoms with van der Waals surface area (Å²) in [5.74, 6) is 0.305. The van der Waals surface area contributed by atoms with Crippen molar-refractivity contribution in [1.82, 2.24) is 23.4 Å². The first-order valence-electron chi connectivity index (χ1n) is 17.9. The van der Waals surface area contributed by atoms with Crippen molar-refractivity contribution < 1.29 is 22.7 Å². The molecule has 2 aromatic rings. The molecule has 4 atom stereocenters. The molecule has 48 heavy (non-hydrogen) atoms. The van der Waals surface area contributed by atoms with Crippen LogP contribution in [0.2, 0.25) is 0 Å². The predicted molar refractivity (Wildman–Crippen MR) is 183 cm³/mol. The van der Waals surface area contributed by atoms with E-state index in [0.29, 0.717) is 37.5 Å². The molecule has 3 saturated heterocycles. The van der Waals surface area contributed by atoms with E-state index in [4.69, 9.17) is 4.74 Å². The van der Waals surface area contributed by atoms with E-state index in [1.807, 2.05) is 0 Å². The topological polar surface area (TPSA) is 104 Å². The number of likely N-dealkylation sites (N-methyl/N-ethyl adjacent to an activating group) is 1. The van der Waals surface area contributed by atoms with Crippen LogP contribution in [0, 0.1) is 5.92 Å². The summed E-state index contributed by atoms with van der Waals surface area (Å²) in [5.41, 5.74) is 6.66. The Balaban J connectivity index is 1.20. The first kappa shape index (κ1) is 30.6. The molecule has 3 aliphatic carbocycles. The fourth-order valence-corrected chi connectivity index (χ4v) is 11.1. The standard InChI is InChI=1S/C37H45N5O5S/c1-39-19-23-12-13-24(20-39)42(23)37(44)27-11-6-10-26-32(27)30-18-28-31(47-2)15-14-25(22-8-4-3-5-9-22)35(28)41(30)21-29-33(26)34(29)36(43)38-48(45,46)40-16-7-17-40/h6,10,14-15,18,22-24,27,32H,3-5,7-9,11-13,16-17,19-21H2,1-2H3,(H,38,43)/t23?,24?,27-,32?/m1/s1. The lowest BCUT2D eigenvalue weighted by atomic mass is 9.75. The Labute approximate surface area is 282 Å². The summed E-state index contributed by atoms with van der Waals surface area (Å²) in [4.78, 5) is 33.2. The molecule has 1 aromatic heterocycles. The predicted octanol–water partition coefficient (Wildman–Crippen LogP) is 4.35. The molecule has 254 valence electrons. The molecule has 9 rings (SSSR count). The molecule has 11 heteroatoms. The van der Waals surface area contributed by atoms with E-state index in [-0.39, 0.29) is 29.8 Å². The van der Waals surface area contributed by atoms with Crippen molar-refractivity contribution in [2.24, 2.45) is 5.92 Å². The third-order valence-electron chi connectivity index (χ3n) is 12.3. The minimum atomic E-state index is -3.90. The zero-order chi connectivity index (χ0) is 32.9. The van der Waals surface area contributed by atoms with Gasteiger partial charge in [0.15, 0.2) is 0 Å². The Bertz CT molecular complexity index is 1920. The molecule has 7 aliphatic rings. The summed E-state index contributed by atoms with van der Waals surface area (Å²) >= 11 is 0. The minimum absolute atomic E-state index is 0.204. The third-order valence-corrected chi connectivity index (χ3v) is 13.8. The Morgan fingerprint density at radius 1 is 0.979 bits per heavy atom. The van der Waals surface area contributed by atoms with Gasteiger partial charge in [0, 0.05) is 61.8 Å². The molecular formula is C37H45N5O5S. The fraction of sp³-hybridized carbons (Fsp3) is 0.568. The number of benzene rings is 1. The smallest absolute Gasteiger partial charge is 0.304 e. The highest BCUT2D eigenvalue weighted by Gasteiger charge is 2.51. The quantitative estimate of drug-likeness (QED) is 0.490. The first-order valence-corrected chi connectivity index (χ1v) is 19.4. The van der Waals surface area contributed by atoms with Crippen molar-refractivity contribution in [1.29, 1.82) is 0 Å². The number of carbonyl (C=O) groups is 2. The Morgan fingerprint density at radius 2 is 1.73 bits per heavy atom. The molecule has 0 spiro atoms. The van der Waals surface area contributed by atoms with Crippen LogP contribution >= 0.6 is 0 Å². The molecule has 2 bridgehead atoms. The average Bonchev–Trinajstić information content (AvgIpc) is 3.58. The maximum atomic E-state index is 14.8. The van der Waals surface area contributed by atoms with Gasteiger partial charge in [0.1, 0.15) is 5.75 Å². The van der Waals surface area contributed by atoms with E-state index < -0.39 is 16.1 Å². The van der Waals surface area contributed by atoms with E-state index in [1.54, 1.807) is 7.11 Å². The SMILES string of the molecule is COc1ccc(C2CCCCC2)c2c1cc1n2CC2=C(C(=O)NS(=O)(=O)N3CCC3)C2=C2C=CC[C@@H](C(=O)N3C4CCC3CN(C)C4)C21. The van der Waals surface area contributed by atoms with Gasteiger partial charge in [-0.3, -0.25) is 9.59 Å². The van der Waals surface area contributed by atoms with Crippen LogP contribution in [0.3, 0.4) is 0 Å². The van der Waals surface area contributed by atoms with Gasteiger partial charge in [0.2, 0.25) is 5.91 Å². The number of allylic oxidation sites excluding steroid dienone is 4. The highest BCUT2D eigenvalue weighted by Crippen LogP contribution is 2.55. The summed E-state index contributed by atoms with van der Waals surface area (Å²) < 4.78 is 38.0. The van der Waals surface area contributed by atoms with Crippen LogP contribution in [0.15, 0.2) is 52.6 Å². The van der Waals surface area contributed by atoms with Crippen LogP contribution in [-0.2, 0) is 26.3 Å². The number of nitrogens with one attached hydrogen (secondary N) is 1. The number of hydrogen-bond donors (Lipinski definition) is 1. The van der Waals surface area contributed by atoms with Gasteiger partial charge in [0.25, 0.3) is 5.91 Å². The second kappa shape index (κ2) is 11.3. The van der Waals surface area contributed by atoms with Crippen LogP contribution in [0.25, 0.3) is 10.9 Å². The number of ether oxygens (including phenoxy) is 1. The molecule has 1 saturated carbocycles. The van der Waals surface area contributed by atoms with Crippen molar-refractivity contribution in [2.75, 3.05) is 40.3 Å². The molecule has 1 N–H and O–H groups in total. The number of likely N-dealkylation sites (tertiary alicyclic amines) is 1.